The summed E-state index contributed by atoms with van der Waals surface area (Å²) >= 11 is 0. The molecule has 1 aliphatic rings. The average molecular weight is 284 g/mol. The van der Waals surface area contributed by atoms with Crippen molar-refractivity contribution < 1.29 is 5.11 Å². The number of fused-ring (bicyclic) bond motifs is 1. The minimum Gasteiger partial charge on any atom is -0.388 e. The van der Waals surface area contributed by atoms with Crippen LogP contribution >= 0.6 is 0 Å². The first kappa shape index (κ1) is 14.3. The topological polar surface area (TPSA) is 38.0 Å². The zero-order chi connectivity index (χ0) is 14.8. The first-order chi connectivity index (χ1) is 10.2. The largest absolute Gasteiger partial charge is 0.388 e. The van der Waals surface area contributed by atoms with Crippen LogP contribution in [0.1, 0.15) is 54.5 Å². The average Bonchev–Trinajstić information content (AvgIpc) is 3.12. The molecule has 3 heteroatoms. The third kappa shape index (κ3) is 2.88. The second-order valence-corrected chi connectivity index (χ2v) is 5.90. The van der Waals surface area contributed by atoms with Crippen LogP contribution in [0.4, 0.5) is 0 Å². The molecule has 1 heterocycles. The normalized spacial score (nSPS) is 15.2. The van der Waals surface area contributed by atoms with Gasteiger partial charge >= 0.3 is 0 Å². The van der Waals surface area contributed by atoms with E-state index in [1.807, 2.05) is 4.68 Å². The van der Waals surface area contributed by atoms with Crippen LogP contribution in [0.3, 0.4) is 0 Å². The number of hydrogen-bond donors (Lipinski definition) is 1. The lowest BCUT2D eigenvalue weighted by molar-refractivity contribution is 0.175. The van der Waals surface area contributed by atoms with E-state index in [1.54, 1.807) is 0 Å². The molecule has 0 spiro atoms. The van der Waals surface area contributed by atoms with Gasteiger partial charge in [0.25, 0.3) is 0 Å². The first-order valence-corrected chi connectivity index (χ1v) is 8.06. The summed E-state index contributed by atoms with van der Waals surface area (Å²) in [6.07, 6.45) is 4.73. The maximum Gasteiger partial charge on any atom is 0.0845 e. The number of aromatic nitrogens is 2. The Kier molecular flexibility index (Phi) is 4.11. The lowest BCUT2D eigenvalue weighted by Crippen LogP contribution is -2.08. The number of rotatable bonds is 5. The lowest BCUT2D eigenvalue weighted by atomic mass is 10.00. The molecule has 21 heavy (non-hydrogen) atoms. The van der Waals surface area contributed by atoms with Gasteiger partial charge in [0, 0.05) is 18.7 Å². The molecule has 0 saturated heterocycles. The highest BCUT2D eigenvalue weighted by atomic mass is 16.3. The van der Waals surface area contributed by atoms with Crippen molar-refractivity contribution in [3.8, 4) is 0 Å². The Morgan fingerprint density at radius 1 is 1.19 bits per heavy atom. The smallest absolute Gasteiger partial charge is 0.0845 e. The summed E-state index contributed by atoms with van der Waals surface area (Å²) in [5, 5.41) is 15.1. The van der Waals surface area contributed by atoms with Crippen molar-refractivity contribution in [3.05, 3.63) is 52.3 Å². The van der Waals surface area contributed by atoms with Crippen molar-refractivity contribution in [1.82, 2.24) is 9.78 Å². The summed E-state index contributed by atoms with van der Waals surface area (Å²) in [7, 11) is 0. The third-order valence-corrected chi connectivity index (χ3v) is 4.49. The molecule has 1 N–H and O–H groups in total. The highest BCUT2D eigenvalue weighted by molar-refractivity contribution is 5.36. The number of aryl methyl sites for hydroxylation is 4. The summed E-state index contributed by atoms with van der Waals surface area (Å²) in [6.45, 7) is 5.06. The molecule has 0 saturated carbocycles. The van der Waals surface area contributed by atoms with Crippen LogP contribution in [0.5, 0.6) is 0 Å². The Morgan fingerprint density at radius 3 is 2.76 bits per heavy atom. The van der Waals surface area contributed by atoms with Crippen LogP contribution in [-0.4, -0.2) is 14.9 Å². The number of aliphatic hydroxyl groups excluding tert-OH is 1. The van der Waals surface area contributed by atoms with E-state index in [9.17, 15) is 5.11 Å². The van der Waals surface area contributed by atoms with Crippen molar-refractivity contribution in [3.63, 3.8) is 0 Å². The summed E-state index contributed by atoms with van der Waals surface area (Å²) in [5.41, 5.74) is 6.15. The molecule has 0 bridgehead atoms. The molecule has 0 fully saturated rings. The number of hydrogen-bond acceptors (Lipinski definition) is 2. The molecule has 1 aromatic carbocycles. The van der Waals surface area contributed by atoms with E-state index in [0.29, 0.717) is 6.42 Å². The summed E-state index contributed by atoms with van der Waals surface area (Å²) in [5.74, 6) is 0. The summed E-state index contributed by atoms with van der Waals surface area (Å²) in [4.78, 5) is 0. The minimum absolute atomic E-state index is 0.442. The monoisotopic (exact) mass is 284 g/mol. The van der Waals surface area contributed by atoms with Gasteiger partial charge in [-0.05, 0) is 55.4 Å². The van der Waals surface area contributed by atoms with E-state index in [1.165, 1.54) is 24.0 Å². The molecule has 1 unspecified atom stereocenters. The molecular formula is C18H24N2O. The van der Waals surface area contributed by atoms with Crippen molar-refractivity contribution in [2.45, 2.75) is 58.6 Å². The van der Waals surface area contributed by atoms with E-state index in [4.69, 9.17) is 0 Å². The highest BCUT2D eigenvalue weighted by Gasteiger charge is 2.16. The van der Waals surface area contributed by atoms with Gasteiger partial charge in [0.05, 0.1) is 11.8 Å². The van der Waals surface area contributed by atoms with Crippen molar-refractivity contribution in [2.24, 2.45) is 0 Å². The minimum atomic E-state index is -0.442. The van der Waals surface area contributed by atoms with Crippen LogP contribution < -0.4 is 0 Å². The zero-order valence-corrected chi connectivity index (χ0v) is 13.0. The van der Waals surface area contributed by atoms with Gasteiger partial charge in [0.15, 0.2) is 0 Å². The van der Waals surface area contributed by atoms with Gasteiger partial charge in [-0.1, -0.05) is 25.1 Å². The van der Waals surface area contributed by atoms with Gasteiger partial charge in [-0.15, -0.1) is 0 Å². The maximum atomic E-state index is 10.6. The van der Waals surface area contributed by atoms with E-state index in [2.05, 4.69) is 43.2 Å². The zero-order valence-electron chi connectivity index (χ0n) is 13.0. The van der Waals surface area contributed by atoms with Crippen LogP contribution in [0.25, 0.3) is 0 Å². The van der Waals surface area contributed by atoms with Crippen molar-refractivity contribution in [2.75, 3.05) is 0 Å². The molecule has 0 aliphatic heterocycles. The Morgan fingerprint density at radius 2 is 2.00 bits per heavy atom. The highest BCUT2D eigenvalue weighted by Crippen LogP contribution is 2.27. The Labute approximate surface area is 126 Å². The van der Waals surface area contributed by atoms with Gasteiger partial charge in [0.1, 0.15) is 0 Å². The standard InChI is InChI=1S/C18H24N2O/c1-3-16-11-17(20(4-2)19-16)12-18(21)15-9-8-13-6-5-7-14(13)10-15/h8-11,18,21H,3-7,12H2,1-2H3. The van der Waals surface area contributed by atoms with E-state index < -0.39 is 6.10 Å². The second-order valence-electron chi connectivity index (χ2n) is 5.90. The Hall–Kier alpha value is -1.61. The fraction of sp³-hybridized carbons (Fsp3) is 0.500. The number of benzene rings is 1. The molecular weight excluding hydrogens is 260 g/mol. The van der Waals surface area contributed by atoms with Crippen LogP contribution in [0.15, 0.2) is 24.3 Å². The van der Waals surface area contributed by atoms with Crippen LogP contribution in [0.2, 0.25) is 0 Å². The van der Waals surface area contributed by atoms with E-state index >= 15 is 0 Å². The van der Waals surface area contributed by atoms with Gasteiger partial charge < -0.3 is 5.11 Å². The molecule has 1 aliphatic carbocycles. The molecule has 0 amide bonds. The van der Waals surface area contributed by atoms with Crippen LogP contribution in [-0.2, 0) is 32.2 Å². The maximum absolute atomic E-state index is 10.6. The lowest BCUT2D eigenvalue weighted by Gasteiger charge is -2.13. The van der Waals surface area contributed by atoms with E-state index in [-0.39, 0.29) is 0 Å². The molecule has 2 aromatic rings. The van der Waals surface area contributed by atoms with Crippen molar-refractivity contribution >= 4 is 0 Å². The summed E-state index contributed by atoms with van der Waals surface area (Å²) in [6, 6.07) is 8.60. The molecule has 1 aromatic heterocycles. The molecule has 1 atom stereocenters. The predicted molar refractivity (Wildman–Crippen MR) is 84.4 cm³/mol. The number of aliphatic hydroxyl groups is 1. The SMILES string of the molecule is CCc1cc(CC(O)c2ccc3c(c2)CCC3)n(CC)n1. The quantitative estimate of drug-likeness (QED) is 0.915. The predicted octanol–water partition coefficient (Wildman–Crippen LogP) is 3.23. The van der Waals surface area contributed by atoms with Gasteiger partial charge in [-0.25, -0.2) is 0 Å². The van der Waals surface area contributed by atoms with Gasteiger partial charge in [-0.2, -0.15) is 5.10 Å². The fourth-order valence-electron chi connectivity index (χ4n) is 3.24. The summed E-state index contributed by atoms with van der Waals surface area (Å²) < 4.78 is 2.01. The van der Waals surface area contributed by atoms with E-state index in [0.717, 1.165) is 36.3 Å². The molecule has 3 rings (SSSR count). The van der Waals surface area contributed by atoms with Crippen molar-refractivity contribution in [1.29, 1.82) is 0 Å². The Bertz CT molecular complexity index is 630. The first-order valence-electron chi connectivity index (χ1n) is 8.06. The van der Waals surface area contributed by atoms with Gasteiger partial charge in [-0.3, -0.25) is 4.68 Å². The Balaban J connectivity index is 1.79. The third-order valence-electron chi connectivity index (χ3n) is 4.49. The molecule has 3 nitrogen and oxygen atoms in total. The second kappa shape index (κ2) is 6.02. The molecule has 0 radical (unpaired) electrons. The van der Waals surface area contributed by atoms with Gasteiger partial charge in [0.2, 0.25) is 0 Å². The number of nitrogens with zero attached hydrogens (tertiary/aromatic N) is 2. The van der Waals surface area contributed by atoms with Crippen LogP contribution in [0, 0.1) is 0 Å². The molecule has 112 valence electrons. The fourth-order valence-corrected chi connectivity index (χ4v) is 3.24.